The molecule has 0 amide bonds. The van der Waals surface area contributed by atoms with E-state index in [-0.39, 0.29) is 0 Å². The Labute approximate surface area is 123 Å². The van der Waals surface area contributed by atoms with Gasteiger partial charge in [0, 0.05) is 22.8 Å². The maximum Gasteiger partial charge on any atom is 0.306 e. The molecule has 104 valence electrons. The van der Waals surface area contributed by atoms with Crippen molar-refractivity contribution < 1.29 is 9.31 Å². The number of benzene rings is 2. The second kappa shape index (κ2) is 6.00. The zero-order valence-corrected chi connectivity index (χ0v) is 12.3. The lowest BCUT2D eigenvalue weighted by Crippen LogP contribution is -2.02. The minimum atomic E-state index is -0.836. The van der Waals surface area contributed by atoms with Crippen molar-refractivity contribution in [1.82, 2.24) is 0 Å². The predicted octanol–water partition coefficient (Wildman–Crippen LogP) is 4.42. The smallest absolute Gasteiger partial charge is 0.306 e. The Bertz CT molecular complexity index is 662. The molecular formula is C14H12BrFN2O2. The molecule has 1 N–H and O–H groups in total. The highest BCUT2D eigenvalue weighted by Gasteiger charge is 2.14. The number of aryl methyl sites for hydroxylation is 1. The topological polar surface area (TPSA) is 55.2 Å². The molecule has 0 bridgehead atoms. The highest BCUT2D eigenvalue weighted by atomic mass is 79.9. The summed E-state index contributed by atoms with van der Waals surface area (Å²) in [7, 11) is 0. The molecule has 0 saturated heterocycles. The molecule has 0 atom stereocenters. The van der Waals surface area contributed by atoms with Crippen LogP contribution in [0.2, 0.25) is 0 Å². The largest absolute Gasteiger partial charge is 0.381 e. The highest BCUT2D eigenvalue weighted by Crippen LogP contribution is 2.23. The third-order valence-electron chi connectivity index (χ3n) is 2.83. The van der Waals surface area contributed by atoms with E-state index in [1.807, 2.05) is 25.1 Å². The molecule has 0 radical (unpaired) electrons. The molecule has 0 aliphatic carbocycles. The highest BCUT2D eigenvalue weighted by molar-refractivity contribution is 9.10. The first kappa shape index (κ1) is 14.5. The van der Waals surface area contributed by atoms with Gasteiger partial charge in [-0.1, -0.05) is 28.1 Å². The van der Waals surface area contributed by atoms with Gasteiger partial charge in [0.1, 0.15) is 0 Å². The second-order valence-corrected chi connectivity index (χ2v) is 5.23. The van der Waals surface area contributed by atoms with Crippen molar-refractivity contribution in [3.63, 3.8) is 0 Å². The Morgan fingerprint density at radius 3 is 2.70 bits per heavy atom. The van der Waals surface area contributed by atoms with E-state index in [1.54, 1.807) is 0 Å². The first-order valence-corrected chi connectivity index (χ1v) is 6.69. The number of hydrogen-bond acceptors (Lipinski definition) is 3. The van der Waals surface area contributed by atoms with E-state index < -0.39 is 16.4 Å². The molecule has 0 heterocycles. The third-order valence-corrected chi connectivity index (χ3v) is 3.57. The minimum absolute atomic E-state index is 0.490. The van der Waals surface area contributed by atoms with Crippen molar-refractivity contribution in [3.05, 3.63) is 67.9 Å². The van der Waals surface area contributed by atoms with Gasteiger partial charge in [-0.05, 0) is 36.2 Å². The fourth-order valence-corrected chi connectivity index (χ4v) is 2.39. The molecule has 0 fully saturated rings. The van der Waals surface area contributed by atoms with Crippen LogP contribution in [0, 0.1) is 22.9 Å². The van der Waals surface area contributed by atoms with Crippen LogP contribution in [0.25, 0.3) is 0 Å². The number of halogens is 2. The summed E-state index contributed by atoms with van der Waals surface area (Å²) in [6.07, 6.45) is 0. The van der Waals surface area contributed by atoms with Crippen molar-refractivity contribution >= 4 is 27.3 Å². The zero-order chi connectivity index (χ0) is 14.7. The standard InChI is InChI=1S/C14H12BrFN2O2/c1-9-2-3-10(12(15)6-9)8-17-11-4-5-13(16)14(7-11)18(19)20/h2-7,17H,8H2,1H3. The Kier molecular flexibility index (Phi) is 4.34. The average Bonchev–Trinajstić information content (AvgIpc) is 2.39. The molecule has 2 rings (SSSR count). The van der Waals surface area contributed by atoms with Crippen molar-refractivity contribution in [1.29, 1.82) is 0 Å². The molecule has 6 heteroatoms. The van der Waals surface area contributed by atoms with Crippen LogP contribution in [0.5, 0.6) is 0 Å². The number of hydrogen-bond donors (Lipinski definition) is 1. The van der Waals surface area contributed by atoms with Gasteiger partial charge in [-0.25, -0.2) is 0 Å². The van der Waals surface area contributed by atoms with Gasteiger partial charge >= 0.3 is 5.69 Å². The van der Waals surface area contributed by atoms with Crippen LogP contribution in [0.15, 0.2) is 40.9 Å². The molecule has 0 unspecified atom stereocenters. The number of nitro groups is 1. The molecule has 0 aliphatic heterocycles. The summed E-state index contributed by atoms with van der Waals surface area (Å²) in [4.78, 5) is 9.94. The predicted molar refractivity (Wildman–Crippen MR) is 79.3 cm³/mol. The first-order chi connectivity index (χ1) is 9.47. The van der Waals surface area contributed by atoms with E-state index in [0.29, 0.717) is 12.2 Å². The SMILES string of the molecule is Cc1ccc(CNc2ccc(F)c([N+](=O)[O-])c2)c(Br)c1. The fraction of sp³-hybridized carbons (Fsp3) is 0.143. The summed E-state index contributed by atoms with van der Waals surface area (Å²) in [5, 5.41) is 13.7. The molecule has 2 aromatic rings. The maximum absolute atomic E-state index is 13.2. The lowest BCUT2D eigenvalue weighted by Gasteiger charge is -2.09. The minimum Gasteiger partial charge on any atom is -0.381 e. The quantitative estimate of drug-likeness (QED) is 0.663. The molecule has 0 aliphatic rings. The fourth-order valence-electron chi connectivity index (χ4n) is 1.76. The average molecular weight is 339 g/mol. The van der Waals surface area contributed by atoms with Crippen molar-refractivity contribution in [2.45, 2.75) is 13.5 Å². The van der Waals surface area contributed by atoms with Gasteiger partial charge in [-0.3, -0.25) is 10.1 Å². The van der Waals surface area contributed by atoms with Gasteiger partial charge in [0.2, 0.25) is 5.82 Å². The molecule has 2 aromatic carbocycles. The van der Waals surface area contributed by atoms with Crippen LogP contribution in [0.4, 0.5) is 15.8 Å². The zero-order valence-electron chi connectivity index (χ0n) is 10.7. The van der Waals surface area contributed by atoms with Crippen LogP contribution < -0.4 is 5.32 Å². The van der Waals surface area contributed by atoms with E-state index in [2.05, 4.69) is 21.2 Å². The lowest BCUT2D eigenvalue weighted by molar-refractivity contribution is -0.387. The van der Waals surface area contributed by atoms with Gasteiger partial charge in [0.05, 0.1) is 4.92 Å². The van der Waals surface area contributed by atoms with Gasteiger partial charge < -0.3 is 5.32 Å². The second-order valence-electron chi connectivity index (χ2n) is 4.37. The number of nitrogens with one attached hydrogen (secondary N) is 1. The molecular weight excluding hydrogens is 327 g/mol. The maximum atomic E-state index is 13.2. The van der Waals surface area contributed by atoms with E-state index in [0.717, 1.165) is 21.7 Å². The van der Waals surface area contributed by atoms with Crippen molar-refractivity contribution in [3.8, 4) is 0 Å². The summed E-state index contributed by atoms with van der Waals surface area (Å²) in [5.74, 6) is -0.836. The Balaban J connectivity index is 2.15. The lowest BCUT2D eigenvalue weighted by atomic mass is 10.1. The summed E-state index contributed by atoms with van der Waals surface area (Å²) in [5.41, 5.74) is 2.13. The summed E-state index contributed by atoms with van der Waals surface area (Å²) >= 11 is 3.46. The molecule has 4 nitrogen and oxygen atoms in total. The van der Waals surface area contributed by atoms with Crippen LogP contribution >= 0.6 is 15.9 Å². The normalized spacial score (nSPS) is 10.3. The summed E-state index contributed by atoms with van der Waals surface area (Å²) in [6, 6.07) is 9.69. The molecule has 20 heavy (non-hydrogen) atoms. The van der Waals surface area contributed by atoms with E-state index in [9.17, 15) is 14.5 Å². The number of nitro benzene ring substituents is 1. The first-order valence-electron chi connectivity index (χ1n) is 5.90. The van der Waals surface area contributed by atoms with Crippen LogP contribution in [0.3, 0.4) is 0 Å². The van der Waals surface area contributed by atoms with Gasteiger partial charge in [0.25, 0.3) is 0 Å². The van der Waals surface area contributed by atoms with Gasteiger partial charge in [-0.15, -0.1) is 0 Å². The van der Waals surface area contributed by atoms with Crippen LogP contribution in [0.1, 0.15) is 11.1 Å². The van der Waals surface area contributed by atoms with Crippen LogP contribution in [-0.2, 0) is 6.54 Å². The number of rotatable bonds is 4. The molecule has 0 saturated carbocycles. The van der Waals surface area contributed by atoms with Crippen molar-refractivity contribution in [2.75, 3.05) is 5.32 Å². The van der Waals surface area contributed by atoms with Gasteiger partial charge in [-0.2, -0.15) is 4.39 Å². The Morgan fingerprint density at radius 2 is 2.05 bits per heavy atom. The van der Waals surface area contributed by atoms with E-state index in [1.165, 1.54) is 12.1 Å². The number of nitrogens with zero attached hydrogens (tertiary/aromatic N) is 1. The van der Waals surface area contributed by atoms with E-state index >= 15 is 0 Å². The monoisotopic (exact) mass is 338 g/mol. The Morgan fingerprint density at radius 1 is 1.30 bits per heavy atom. The third kappa shape index (κ3) is 3.33. The number of anilines is 1. The van der Waals surface area contributed by atoms with E-state index in [4.69, 9.17) is 0 Å². The van der Waals surface area contributed by atoms with Crippen molar-refractivity contribution in [2.24, 2.45) is 0 Å². The molecule has 0 aromatic heterocycles. The van der Waals surface area contributed by atoms with Crippen LogP contribution in [-0.4, -0.2) is 4.92 Å². The van der Waals surface area contributed by atoms with Gasteiger partial charge in [0.15, 0.2) is 0 Å². The summed E-state index contributed by atoms with van der Waals surface area (Å²) in [6.45, 7) is 2.48. The Hall–Kier alpha value is -1.95. The molecule has 0 spiro atoms. The summed E-state index contributed by atoms with van der Waals surface area (Å²) < 4.78 is 14.2.